The Balaban J connectivity index is 2.86. The van der Waals surface area contributed by atoms with Crippen molar-refractivity contribution in [2.24, 2.45) is 0 Å². The number of hydrogen-bond donors (Lipinski definition) is 2. The quantitative estimate of drug-likeness (QED) is 0.791. The van der Waals surface area contributed by atoms with E-state index in [2.05, 4.69) is 17.2 Å². The summed E-state index contributed by atoms with van der Waals surface area (Å²) in [7, 11) is 3.14. The fourth-order valence-electron chi connectivity index (χ4n) is 1.64. The second kappa shape index (κ2) is 7.41. The molecule has 0 saturated heterocycles. The number of nitrogens with one attached hydrogen (secondary N) is 1. The lowest BCUT2D eigenvalue weighted by molar-refractivity contribution is -0.130. The molecule has 0 aliphatic heterocycles. The van der Waals surface area contributed by atoms with Crippen LogP contribution in [0.5, 0.6) is 0 Å². The third kappa shape index (κ3) is 4.58. The van der Waals surface area contributed by atoms with Gasteiger partial charge in [0.1, 0.15) is 18.5 Å². The Morgan fingerprint density at radius 2 is 2.10 bits per heavy atom. The van der Waals surface area contributed by atoms with Crippen LogP contribution in [0.3, 0.4) is 0 Å². The van der Waals surface area contributed by atoms with Crippen LogP contribution in [0.1, 0.15) is 22.8 Å². The van der Waals surface area contributed by atoms with Crippen molar-refractivity contribution in [2.45, 2.75) is 13.0 Å². The standard InChI is InChI=1S/C15H17FN2O3/c1-10(15(21)18(2)3)17-14(20)12-7-6-11(5-4-8-19)9-13(12)16/h6-7,9-10,19H,8H2,1-3H3,(H,17,20). The molecule has 112 valence electrons. The van der Waals surface area contributed by atoms with E-state index in [-0.39, 0.29) is 18.1 Å². The first-order valence-electron chi connectivity index (χ1n) is 6.28. The van der Waals surface area contributed by atoms with Crippen molar-refractivity contribution in [1.82, 2.24) is 10.2 Å². The Labute approximate surface area is 122 Å². The summed E-state index contributed by atoms with van der Waals surface area (Å²) >= 11 is 0. The topological polar surface area (TPSA) is 69.6 Å². The van der Waals surface area contributed by atoms with Crippen LogP contribution in [0.15, 0.2) is 18.2 Å². The van der Waals surface area contributed by atoms with Crippen LogP contribution in [0.2, 0.25) is 0 Å². The van der Waals surface area contributed by atoms with Gasteiger partial charge in [-0.05, 0) is 25.1 Å². The third-order valence-electron chi connectivity index (χ3n) is 2.68. The number of rotatable bonds is 3. The largest absolute Gasteiger partial charge is 0.384 e. The summed E-state index contributed by atoms with van der Waals surface area (Å²) in [6.07, 6.45) is 0. The number of likely N-dealkylation sites (N-methyl/N-ethyl adjacent to an activating group) is 1. The SMILES string of the molecule is CC(NC(=O)c1ccc(C#CCO)cc1F)C(=O)N(C)C. The minimum Gasteiger partial charge on any atom is -0.384 e. The Kier molecular flexibility index (Phi) is 5.88. The van der Waals surface area contributed by atoms with E-state index >= 15 is 0 Å². The molecule has 0 aliphatic rings. The molecular formula is C15H17FN2O3. The lowest BCUT2D eigenvalue weighted by Crippen LogP contribution is -2.44. The van der Waals surface area contributed by atoms with Crippen molar-refractivity contribution in [2.75, 3.05) is 20.7 Å². The molecule has 1 rings (SSSR count). The first kappa shape index (κ1) is 16.7. The number of benzene rings is 1. The maximum atomic E-state index is 13.9. The minimum absolute atomic E-state index is 0.164. The van der Waals surface area contributed by atoms with Crippen LogP contribution in [0, 0.1) is 17.7 Å². The van der Waals surface area contributed by atoms with Gasteiger partial charge in [0.2, 0.25) is 5.91 Å². The van der Waals surface area contributed by atoms with Crippen molar-refractivity contribution in [1.29, 1.82) is 0 Å². The molecule has 1 aromatic rings. The normalized spacial score (nSPS) is 11.1. The zero-order chi connectivity index (χ0) is 16.0. The molecule has 0 fully saturated rings. The molecule has 1 atom stereocenters. The highest BCUT2D eigenvalue weighted by Gasteiger charge is 2.19. The van der Waals surface area contributed by atoms with Gasteiger partial charge < -0.3 is 15.3 Å². The van der Waals surface area contributed by atoms with Gasteiger partial charge in [0, 0.05) is 19.7 Å². The van der Waals surface area contributed by atoms with Crippen LogP contribution >= 0.6 is 0 Å². The zero-order valence-electron chi connectivity index (χ0n) is 12.1. The molecule has 0 saturated carbocycles. The van der Waals surface area contributed by atoms with E-state index in [4.69, 9.17) is 5.11 Å². The number of nitrogens with zero attached hydrogens (tertiary/aromatic N) is 1. The molecule has 2 amide bonds. The maximum absolute atomic E-state index is 13.9. The molecule has 0 aliphatic carbocycles. The highest BCUT2D eigenvalue weighted by atomic mass is 19.1. The molecule has 0 bridgehead atoms. The third-order valence-corrected chi connectivity index (χ3v) is 2.68. The minimum atomic E-state index is -0.749. The molecule has 2 N–H and O–H groups in total. The molecule has 6 heteroatoms. The van der Waals surface area contributed by atoms with E-state index in [1.165, 1.54) is 24.0 Å². The van der Waals surface area contributed by atoms with Crippen LogP contribution in [-0.2, 0) is 4.79 Å². The van der Waals surface area contributed by atoms with E-state index in [1.807, 2.05) is 0 Å². The van der Waals surface area contributed by atoms with Crippen LogP contribution in [0.25, 0.3) is 0 Å². The van der Waals surface area contributed by atoms with Gasteiger partial charge in [-0.25, -0.2) is 4.39 Å². The fraction of sp³-hybridized carbons (Fsp3) is 0.333. The van der Waals surface area contributed by atoms with Gasteiger partial charge in [0.05, 0.1) is 5.56 Å². The summed E-state index contributed by atoms with van der Waals surface area (Å²) in [4.78, 5) is 24.9. The van der Waals surface area contributed by atoms with Crippen molar-refractivity contribution in [3.63, 3.8) is 0 Å². The molecule has 0 aromatic heterocycles. The molecule has 1 unspecified atom stereocenters. The van der Waals surface area contributed by atoms with Crippen LogP contribution < -0.4 is 5.32 Å². The number of hydrogen-bond acceptors (Lipinski definition) is 3. The number of aliphatic hydroxyl groups excluding tert-OH is 1. The van der Waals surface area contributed by atoms with Gasteiger partial charge in [0.25, 0.3) is 5.91 Å². The summed E-state index contributed by atoms with van der Waals surface area (Å²) in [5, 5.41) is 11.0. The molecule has 0 spiro atoms. The molecular weight excluding hydrogens is 275 g/mol. The highest BCUT2D eigenvalue weighted by Crippen LogP contribution is 2.10. The van der Waals surface area contributed by atoms with Gasteiger partial charge in [-0.3, -0.25) is 9.59 Å². The number of carbonyl (C=O) groups is 2. The van der Waals surface area contributed by atoms with E-state index in [1.54, 1.807) is 14.1 Å². The molecule has 0 radical (unpaired) electrons. The van der Waals surface area contributed by atoms with E-state index in [0.29, 0.717) is 5.56 Å². The zero-order valence-corrected chi connectivity index (χ0v) is 12.1. The molecule has 21 heavy (non-hydrogen) atoms. The summed E-state index contributed by atoms with van der Waals surface area (Å²) in [5.74, 6) is 3.24. The number of halogens is 1. The Morgan fingerprint density at radius 1 is 1.43 bits per heavy atom. The van der Waals surface area contributed by atoms with E-state index < -0.39 is 17.8 Å². The van der Waals surface area contributed by atoms with Gasteiger partial charge in [-0.2, -0.15) is 0 Å². The Bertz CT molecular complexity index is 603. The first-order chi connectivity index (χ1) is 9.86. The summed E-state index contributed by atoms with van der Waals surface area (Å²) in [6.45, 7) is 1.20. The van der Waals surface area contributed by atoms with Gasteiger partial charge in [-0.1, -0.05) is 11.8 Å². The van der Waals surface area contributed by atoms with Crippen molar-refractivity contribution < 1.29 is 19.1 Å². The monoisotopic (exact) mass is 292 g/mol. The average Bonchev–Trinajstić information content (AvgIpc) is 2.43. The van der Waals surface area contributed by atoms with Crippen molar-refractivity contribution >= 4 is 11.8 Å². The first-order valence-corrected chi connectivity index (χ1v) is 6.28. The van der Waals surface area contributed by atoms with Gasteiger partial charge in [0.15, 0.2) is 0 Å². The number of carbonyl (C=O) groups excluding carboxylic acids is 2. The predicted molar refractivity (Wildman–Crippen MR) is 76.0 cm³/mol. The fourth-order valence-corrected chi connectivity index (χ4v) is 1.64. The molecule has 5 nitrogen and oxygen atoms in total. The van der Waals surface area contributed by atoms with Crippen molar-refractivity contribution in [3.05, 3.63) is 35.1 Å². The van der Waals surface area contributed by atoms with E-state index in [0.717, 1.165) is 6.07 Å². The van der Waals surface area contributed by atoms with Crippen LogP contribution in [0.4, 0.5) is 4.39 Å². The predicted octanol–water partition coefficient (Wildman–Crippen LogP) is 0.376. The second-order valence-corrected chi connectivity index (χ2v) is 4.58. The average molecular weight is 292 g/mol. The molecule has 1 aromatic carbocycles. The summed E-state index contributed by atoms with van der Waals surface area (Å²) in [5.41, 5.74) is 0.193. The van der Waals surface area contributed by atoms with E-state index in [9.17, 15) is 14.0 Å². The van der Waals surface area contributed by atoms with Crippen molar-refractivity contribution in [3.8, 4) is 11.8 Å². The summed E-state index contributed by atoms with van der Waals surface area (Å²) < 4.78 is 13.9. The number of amides is 2. The van der Waals surface area contributed by atoms with Gasteiger partial charge >= 0.3 is 0 Å². The van der Waals surface area contributed by atoms with Gasteiger partial charge in [-0.15, -0.1) is 0 Å². The lowest BCUT2D eigenvalue weighted by atomic mass is 10.1. The highest BCUT2D eigenvalue weighted by molar-refractivity contribution is 5.97. The maximum Gasteiger partial charge on any atom is 0.254 e. The Morgan fingerprint density at radius 3 is 2.62 bits per heavy atom. The Hall–Kier alpha value is -2.39. The summed E-state index contributed by atoms with van der Waals surface area (Å²) in [6, 6.07) is 3.12. The molecule has 0 heterocycles. The lowest BCUT2D eigenvalue weighted by Gasteiger charge is -2.18. The second-order valence-electron chi connectivity index (χ2n) is 4.58. The number of aliphatic hydroxyl groups is 1. The van der Waals surface area contributed by atoms with Crippen LogP contribution in [-0.4, -0.2) is 48.6 Å². The smallest absolute Gasteiger partial charge is 0.254 e.